The van der Waals surface area contributed by atoms with Gasteiger partial charge in [-0.25, -0.2) is 0 Å². The molecule has 2 aromatic carbocycles. The second kappa shape index (κ2) is 9.01. The Labute approximate surface area is 185 Å². The van der Waals surface area contributed by atoms with E-state index in [-0.39, 0.29) is 17.9 Å². The first-order valence-corrected chi connectivity index (χ1v) is 10.2. The number of methoxy groups -OCH3 is 1. The summed E-state index contributed by atoms with van der Waals surface area (Å²) in [6.45, 7) is 2.38. The van der Waals surface area contributed by atoms with E-state index in [2.05, 4.69) is 0 Å². The first kappa shape index (κ1) is 21.2. The van der Waals surface area contributed by atoms with E-state index in [1.807, 2.05) is 6.92 Å². The molecule has 1 N–H and O–H groups in total. The second-order valence-corrected chi connectivity index (χ2v) is 7.21. The zero-order valence-electron chi connectivity index (χ0n) is 17.8. The Morgan fingerprint density at radius 2 is 1.91 bits per heavy atom. The number of hydrogen-bond acceptors (Lipinski definition) is 6. The highest BCUT2D eigenvalue weighted by molar-refractivity contribution is 6.46. The molecular weight excluding hydrogens is 410 g/mol. The van der Waals surface area contributed by atoms with Gasteiger partial charge in [0.15, 0.2) is 0 Å². The molecule has 1 aromatic heterocycles. The van der Waals surface area contributed by atoms with Crippen LogP contribution in [0.15, 0.2) is 76.9 Å². The van der Waals surface area contributed by atoms with Crippen LogP contribution in [0.4, 0.5) is 0 Å². The number of nitrogens with zero attached hydrogens (tertiary/aromatic N) is 1. The van der Waals surface area contributed by atoms with E-state index in [1.165, 1.54) is 18.3 Å². The lowest BCUT2D eigenvalue weighted by Crippen LogP contribution is -2.29. The van der Waals surface area contributed by atoms with E-state index in [0.717, 1.165) is 0 Å². The first-order chi connectivity index (χ1) is 15.5. The third-order valence-corrected chi connectivity index (χ3v) is 5.30. The average Bonchev–Trinajstić information content (AvgIpc) is 3.41. The van der Waals surface area contributed by atoms with Gasteiger partial charge in [0.1, 0.15) is 23.0 Å². The van der Waals surface area contributed by atoms with Crippen molar-refractivity contribution in [1.82, 2.24) is 4.90 Å². The Kier molecular flexibility index (Phi) is 5.98. The predicted octanol–water partition coefficient (Wildman–Crippen LogP) is 4.31. The van der Waals surface area contributed by atoms with E-state index < -0.39 is 17.7 Å². The molecule has 7 nitrogen and oxygen atoms in total. The average molecular weight is 433 g/mol. The molecule has 2 heterocycles. The van der Waals surface area contributed by atoms with Crippen LogP contribution in [0.3, 0.4) is 0 Å². The number of amides is 1. The van der Waals surface area contributed by atoms with Gasteiger partial charge in [-0.15, -0.1) is 0 Å². The van der Waals surface area contributed by atoms with Crippen molar-refractivity contribution in [2.75, 3.05) is 13.7 Å². The number of Topliss-reactive ketones (excluding diaryl/α,β-unsaturated/α-hetero) is 1. The van der Waals surface area contributed by atoms with Crippen LogP contribution in [0.25, 0.3) is 5.76 Å². The number of hydrogen-bond donors (Lipinski definition) is 1. The van der Waals surface area contributed by atoms with Crippen LogP contribution in [-0.4, -0.2) is 35.4 Å². The number of para-hydroxylation sites is 1. The van der Waals surface area contributed by atoms with Crippen molar-refractivity contribution in [3.8, 4) is 11.5 Å². The Morgan fingerprint density at radius 3 is 2.62 bits per heavy atom. The lowest BCUT2D eigenvalue weighted by atomic mass is 9.94. The standard InChI is InChI=1S/C25H23NO6/c1-3-31-17-9-6-8-16(14-17)23(27)21-22(19-11-4-5-12-20(19)30-2)26(25(29)24(21)28)15-18-10-7-13-32-18/h4-14,22,27H,3,15H2,1-2H3/b23-21-. The summed E-state index contributed by atoms with van der Waals surface area (Å²) in [4.78, 5) is 27.6. The van der Waals surface area contributed by atoms with Crippen LogP contribution in [0.1, 0.15) is 29.9 Å². The molecule has 1 aliphatic heterocycles. The number of ketones is 1. The molecule has 0 saturated carbocycles. The maximum Gasteiger partial charge on any atom is 0.296 e. The predicted molar refractivity (Wildman–Crippen MR) is 117 cm³/mol. The van der Waals surface area contributed by atoms with E-state index in [9.17, 15) is 14.7 Å². The zero-order chi connectivity index (χ0) is 22.7. The molecule has 1 amide bonds. The summed E-state index contributed by atoms with van der Waals surface area (Å²) in [6.07, 6.45) is 1.50. The number of carbonyl (C=O) groups excluding carboxylic acids is 2. The van der Waals surface area contributed by atoms with Gasteiger partial charge in [0.2, 0.25) is 0 Å². The van der Waals surface area contributed by atoms with Gasteiger partial charge in [-0.3, -0.25) is 9.59 Å². The smallest absolute Gasteiger partial charge is 0.296 e. The fraction of sp³-hybridized carbons (Fsp3) is 0.200. The van der Waals surface area contributed by atoms with Gasteiger partial charge in [0.25, 0.3) is 11.7 Å². The molecule has 164 valence electrons. The summed E-state index contributed by atoms with van der Waals surface area (Å²) in [5, 5.41) is 11.2. The number of benzene rings is 2. The highest BCUT2D eigenvalue weighted by Crippen LogP contribution is 2.43. The number of aliphatic hydroxyl groups excluding tert-OH is 1. The van der Waals surface area contributed by atoms with E-state index in [0.29, 0.717) is 35.0 Å². The molecule has 1 atom stereocenters. The van der Waals surface area contributed by atoms with Crippen molar-refractivity contribution in [3.63, 3.8) is 0 Å². The number of likely N-dealkylation sites (tertiary alicyclic amines) is 1. The third-order valence-electron chi connectivity index (χ3n) is 5.30. The molecule has 3 aromatic rings. The molecule has 0 radical (unpaired) electrons. The van der Waals surface area contributed by atoms with Crippen LogP contribution in [0.5, 0.6) is 11.5 Å². The molecule has 1 fully saturated rings. The number of carbonyl (C=O) groups is 2. The molecule has 1 aliphatic rings. The fourth-order valence-corrected chi connectivity index (χ4v) is 3.88. The van der Waals surface area contributed by atoms with Crippen LogP contribution in [-0.2, 0) is 16.1 Å². The molecule has 32 heavy (non-hydrogen) atoms. The zero-order valence-corrected chi connectivity index (χ0v) is 17.8. The molecule has 4 rings (SSSR count). The van der Waals surface area contributed by atoms with Crippen molar-refractivity contribution in [3.05, 3.63) is 89.4 Å². The third kappa shape index (κ3) is 3.85. The highest BCUT2D eigenvalue weighted by Gasteiger charge is 2.47. The van der Waals surface area contributed by atoms with Crippen LogP contribution < -0.4 is 9.47 Å². The monoisotopic (exact) mass is 433 g/mol. The van der Waals surface area contributed by atoms with Crippen LogP contribution in [0, 0.1) is 0 Å². The molecule has 1 unspecified atom stereocenters. The van der Waals surface area contributed by atoms with Gasteiger partial charge in [0, 0.05) is 11.1 Å². The van der Waals surface area contributed by atoms with Crippen molar-refractivity contribution in [1.29, 1.82) is 0 Å². The first-order valence-electron chi connectivity index (χ1n) is 10.2. The number of aliphatic hydroxyl groups is 1. The van der Waals surface area contributed by atoms with Crippen molar-refractivity contribution in [2.45, 2.75) is 19.5 Å². The SMILES string of the molecule is CCOc1cccc(/C(O)=C2/C(=O)C(=O)N(Cc3ccco3)C2c2ccccc2OC)c1. The van der Waals surface area contributed by atoms with Crippen LogP contribution >= 0.6 is 0 Å². The lowest BCUT2D eigenvalue weighted by Gasteiger charge is -2.25. The van der Waals surface area contributed by atoms with Gasteiger partial charge in [0.05, 0.1) is 38.1 Å². The molecule has 0 spiro atoms. The number of ether oxygens (including phenoxy) is 2. The van der Waals surface area contributed by atoms with Gasteiger partial charge in [-0.05, 0) is 37.3 Å². The van der Waals surface area contributed by atoms with E-state index >= 15 is 0 Å². The summed E-state index contributed by atoms with van der Waals surface area (Å²) in [5.41, 5.74) is 0.954. The molecule has 1 saturated heterocycles. The van der Waals surface area contributed by atoms with Gasteiger partial charge >= 0.3 is 0 Å². The molecule has 7 heteroatoms. The Bertz CT molecular complexity index is 1160. The van der Waals surface area contributed by atoms with Crippen LogP contribution in [0.2, 0.25) is 0 Å². The Balaban J connectivity index is 1.89. The lowest BCUT2D eigenvalue weighted by molar-refractivity contribution is -0.140. The highest BCUT2D eigenvalue weighted by atomic mass is 16.5. The normalized spacial score (nSPS) is 17.6. The van der Waals surface area contributed by atoms with E-state index in [4.69, 9.17) is 13.9 Å². The van der Waals surface area contributed by atoms with Crippen molar-refractivity contribution < 1.29 is 28.6 Å². The molecule has 0 aliphatic carbocycles. The number of rotatable bonds is 7. The Hall–Kier alpha value is -4.00. The molecular formula is C25H23NO6. The summed E-state index contributed by atoms with van der Waals surface area (Å²) >= 11 is 0. The Morgan fingerprint density at radius 1 is 1.09 bits per heavy atom. The van der Waals surface area contributed by atoms with Gasteiger partial charge < -0.3 is 23.9 Å². The summed E-state index contributed by atoms with van der Waals surface area (Å²) in [7, 11) is 1.52. The van der Waals surface area contributed by atoms with Crippen molar-refractivity contribution >= 4 is 17.4 Å². The minimum Gasteiger partial charge on any atom is -0.507 e. The summed E-state index contributed by atoms with van der Waals surface area (Å²) in [5.74, 6) is -0.201. The quantitative estimate of drug-likeness (QED) is 0.339. The summed E-state index contributed by atoms with van der Waals surface area (Å²) in [6, 6.07) is 16.5. The van der Waals surface area contributed by atoms with E-state index in [1.54, 1.807) is 60.7 Å². The maximum atomic E-state index is 13.1. The minimum absolute atomic E-state index is 0.0142. The topological polar surface area (TPSA) is 89.2 Å². The second-order valence-electron chi connectivity index (χ2n) is 7.21. The molecule has 0 bridgehead atoms. The number of furan rings is 1. The van der Waals surface area contributed by atoms with Gasteiger partial charge in [-0.1, -0.05) is 30.3 Å². The summed E-state index contributed by atoms with van der Waals surface area (Å²) < 4.78 is 16.4. The largest absolute Gasteiger partial charge is 0.507 e. The minimum atomic E-state index is -0.855. The van der Waals surface area contributed by atoms with Gasteiger partial charge in [-0.2, -0.15) is 0 Å². The fourth-order valence-electron chi connectivity index (χ4n) is 3.88. The maximum absolute atomic E-state index is 13.1. The van der Waals surface area contributed by atoms with Crippen molar-refractivity contribution in [2.24, 2.45) is 0 Å².